The molecule has 2 heterocycles. The molecule has 0 aromatic carbocycles. The number of hydrogen-bond donors (Lipinski definition) is 3. The Morgan fingerprint density at radius 1 is 1.30 bits per heavy atom. The third kappa shape index (κ3) is 2.57. The van der Waals surface area contributed by atoms with Crippen molar-refractivity contribution in [3.8, 4) is 0 Å². The lowest BCUT2D eigenvalue weighted by Crippen LogP contribution is -2.14. The molecule has 0 radical (unpaired) electrons. The van der Waals surface area contributed by atoms with E-state index < -0.39 is 0 Å². The van der Waals surface area contributed by atoms with Crippen molar-refractivity contribution in [3.63, 3.8) is 0 Å². The summed E-state index contributed by atoms with van der Waals surface area (Å²) in [6.45, 7) is 4.28. The number of nitrogen functional groups attached to an aromatic ring is 1. The molecule has 0 saturated heterocycles. The Labute approximate surface area is 117 Å². The molecule has 2 aromatic heterocycles. The van der Waals surface area contributed by atoms with Crippen LogP contribution in [-0.4, -0.2) is 15.0 Å². The Balaban J connectivity index is 1.81. The second-order valence-corrected chi connectivity index (χ2v) is 5.04. The maximum absolute atomic E-state index is 5.52. The van der Waals surface area contributed by atoms with Gasteiger partial charge in [0.2, 0.25) is 5.89 Å². The van der Waals surface area contributed by atoms with Crippen LogP contribution in [0.25, 0.3) is 0 Å². The standard InChI is InChI=1S/C13H18N6O/c1-7-5-15-10(20-7)6-16-11-8(2)12(19-14)18-13(17-11)9-3-4-9/h5,9H,3-4,6,14H2,1-2H3,(H2,16,17,18,19). The zero-order chi connectivity index (χ0) is 14.1. The van der Waals surface area contributed by atoms with Crippen LogP contribution in [0.15, 0.2) is 10.6 Å². The van der Waals surface area contributed by atoms with E-state index >= 15 is 0 Å². The molecule has 0 bridgehead atoms. The van der Waals surface area contributed by atoms with Crippen molar-refractivity contribution >= 4 is 11.6 Å². The molecule has 4 N–H and O–H groups in total. The van der Waals surface area contributed by atoms with Gasteiger partial charge in [-0.25, -0.2) is 20.8 Å². The molecule has 1 aliphatic rings. The maximum atomic E-state index is 5.52. The Morgan fingerprint density at radius 2 is 2.05 bits per heavy atom. The van der Waals surface area contributed by atoms with Gasteiger partial charge in [0.05, 0.1) is 12.7 Å². The Hall–Kier alpha value is -2.15. The topological polar surface area (TPSA) is 102 Å². The average Bonchev–Trinajstić information content (AvgIpc) is 3.21. The summed E-state index contributed by atoms with van der Waals surface area (Å²) in [5, 5.41) is 3.24. The van der Waals surface area contributed by atoms with Gasteiger partial charge in [-0.2, -0.15) is 0 Å². The van der Waals surface area contributed by atoms with Crippen LogP contribution in [0.1, 0.15) is 41.8 Å². The van der Waals surface area contributed by atoms with Gasteiger partial charge in [0.15, 0.2) is 0 Å². The molecule has 0 unspecified atom stereocenters. The molecule has 7 heteroatoms. The van der Waals surface area contributed by atoms with E-state index in [1.54, 1.807) is 6.20 Å². The van der Waals surface area contributed by atoms with Crippen molar-refractivity contribution in [1.82, 2.24) is 15.0 Å². The lowest BCUT2D eigenvalue weighted by atomic mass is 10.3. The molecule has 3 rings (SSSR count). The largest absolute Gasteiger partial charge is 0.444 e. The highest BCUT2D eigenvalue weighted by Gasteiger charge is 2.28. The highest BCUT2D eigenvalue weighted by atomic mass is 16.4. The van der Waals surface area contributed by atoms with Gasteiger partial charge in [-0.15, -0.1) is 0 Å². The van der Waals surface area contributed by atoms with E-state index in [1.165, 1.54) is 0 Å². The number of aromatic nitrogens is 3. The number of hydrogen-bond acceptors (Lipinski definition) is 7. The molecule has 1 saturated carbocycles. The minimum atomic E-state index is 0.465. The molecule has 0 amide bonds. The van der Waals surface area contributed by atoms with Crippen LogP contribution >= 0.6 is 0 Å². The zero-order valence-electron chi connectivity index (χ0n) is 11.6. The van der Waals surface area contributed by atoms with Crippen LogP contribution in [-0.2, 0) is 6.54 Å². The average molecular weight is 274 g/mol. The van der Waals surface area contributed by atoms with Gasteiger partial charge in [0.25, 0.3) is 0 Å². The first-order valence-electron chi connectivity index (χ1n) is 6.67. The molecule has 106 valence electrons. The van der Waals surface area contributed by atoms with E-state index in [2.05, 4.69) is 25.7 Å². The Bertz CT molecular complexity index is 619. The molecule has 20 heavy (non-hydrogen) atoms. The van der Waals surface area contributed by atoms with Crippen LogP contribution in [0.4, 0.5) is 11.6 Å². The molecule has 7 nitrogen and oxygen atoms in total. The molecule has 2 aromatic rings. The number of anilines is 2. The van der Waals surface area contributed by atoms with E-state index in [0.717, 1.165) is 35.8 Å². The van der Waals surface area contributed by atoms with Gasteiger partial charge in [-0.3, -0.25) is 0 Å². The first-order valence-corrected chi connectivity index (χ1v) is 6.67. The molecular formula is C13H18N6O. The summed E-state index contributed by atoms with van der Waals surface area (Å²) in [7, 11) is 0. The summed E-state index contributed by atoms with van der Waals surface area (Å²) >= 11 is 0. The fourth-order valence-corrected chi connectivity index (χ4v) is 2.01. The van der Waals surface area contributed by atoms with Crippen molar-refractivity contribution in [3.05, 3.63) is 29.2 Å². The number of rotatable bonds is 5. The van der Waals surface area contributed by atoms with Gasteiger partial charge >= 0.3 is 0 Å². The number of nitrogens with two attached hydrogens (primary N) is 1. The van der Waals surface area contributed by atoms with Crippen LogP contribution < -0.4 is 16.6 Å². The van der Waals surface area contributed by atoms with Crippen LogP contribution in [0.2, 0.25) is 0 Å². The summed E-state index contributed by atoms with van der Waals surface area (Å²) in [5.74, 6) is 9.69. The zero-order valence-corrected chi connectivity index (χ0v) is 11.6. The highest BCUT2D eigenvalue weighted by Crippen LogP contribution is 2.39. The highest BCUT2D eigenvalue weighted by molar-refractivity contribution is 5.57. The monoisotopic (exact) mass is 274 g/mol. The maximum Gasteiger partial charge on any atom is 0.213 e. The van der Waals surface area contributed by atoms with E-state index in [1.807, 2.05) is 13.8 Å². The summed E-state index contributed by atoms with van der Waals surface area (Å²) in [5.41, 5.74) is 3.52. The fourth-order valence-electron chi connectivity index (χ4n) is 2.01. The normalized spacial score (nSPS) is 14.3. The number of aryl methyl sites for hydroxylation is 1. The van der Waals surface area contributed by atoms with Crippen LogP contribution in [0, 0.1) is 13.8 Å². The van der Waals surface area contributed by atoms with E-state index in [4.69, 9.17) is 10.3 Å². The summed E-state index contributed by atoms with van der Waals surface area (Å²) in [6, 6.07) is 0. The Kier molecular flexibility index (Phi) is 3.27. The minimum absolute atomic E-state index is 0.465. The number of hydrazine groups is 1. The fraction of sp³-hybridized carbons (Fsp3) is 0.462. The molecule has 1 fully saturated rings. The smallest absolute Gasteiger partial charge is 0.213 e. The van der Waals surface area contributed by atoms with Gasteiger partial charge < -0.3 is 15.2 Å². The molecule has 1 aliphatic carbocycles. The van der Waals surface area contributed by atoms with E-state index in [0.29, 0.717) is 24.2 Å². The number of nitrogens with one attached hydrogen (secondary N) is 2. The molecule has 0 aliphatic heterocycles. The van der Waals surface area contributed by atoms with Gasteiger partial charge in [0, 0.05) is 11.5 Å². The van der Waals surface area contributed by atoms with Gasteiger partial charge in [-0.1, -0.05) is 0 Å². The van der Waals surface area contributed by atoms with Gasteiger partial charge in [0.1, 0.15) is 23.2 Å². The SMILES string of the molecule is Cc1cnc(CNc2nc(C3CC3)nc(NN)c2C)o1. The van der Waals surface area contributed by atoms with Crippen molar-refractivity contribution in [2.24, 2.45) is 5.84 Å². The predicted octanol–water partition coefficient (Wildman–Crippen LogP) is 1.86. The van der Waals surface area contributed by atoms with Crippen LogP contribution in [0.5, 0.6) is 0 Å². The van der Waals surface area contributed by atoms with Crippen molar-refractivity contribution < 1.29 is 4.42 Å². The number of oxazole rings is 1. The second kappa shape index (κ2) is 5.09. The minimum Gasteiger partial charge on any atom is -0.444 e. The van der Waals surface area contributed by atoms with Crippen molar-refractivity contribution in [1.29, 1.82) is 0 Å². The van der Waals surface area contributed by atoms with Gasteiger partial charge in [-0.05, 0) is 26.7 Å². The third-order valence-corrected chi connectivity index (χ3v) is 3.32. The summed E-state index contributed by atoms with van der Waals surface area (Å²) < 4.78 is 5.43. The lowest BCUT2D eigenvalue weighted by Gasteiger charge is -2.12. The van der Waals surface area contributed by atoms with Crippen molar-refractivity contribution in [2.45, 2.75) is 39.2 Å². The Morgan fingerprint density at radius 3 is 2.65 bits per heavy atom. The third-order valence-electron chi connectivity index (χ3n) is 3.32. The first kappa shape index (κ1) is 12.9. The summed E-state index contributed by atoms with van der Waals surface area (Å²) in [4.78, 5) is 13.2. The lowest BCUT2D eigenvalue weighted by molar-refractivity contribution is 0.478. The second-order valence-electron chi connectivity index (χ2n) is 5.04. The van der Waals surface area contributed by atoms with Crippen LogP contribution in [0.3, 0.4) is 0 Å². The molecule has 0 atom stereocenters. The molecular weight excluding hydrogens is 256 g/mol. The molecule has 0 spiro atoms. The summed E-state index contributed by atoms with van der Waals surface area (Å²) in [6.07, 6.45) is 3.99. The van der Waals surface area contributed by atoms with Crippen molar-refractivity contribution in [2.75, 3.05) is 10.7 Å². The predicted molar refractivity (Wildman–Crippen MR) is 75.1 cm³/mol. The first-order chi connectivity index (χ1) is 9.67. The quantitative estimate of drug-likeness (QED) is 0.565. The number of nitrogens with zero attached hydrogens (tertiary/aromatic N) is 3. The van der Waals surface area contributed by atoms with E-state index in [-0.39, 0.29) is 0 Å². The van der Waals surface area contributed by atoms with E-state index in [9.17, 15) is 0 Å².